The van der Waals surface area contributed by atoms with E-state index in [1.165, 1.54) is 12.1 Å². The molecule has 0 atom stereocenters. The molecule has 0 amide bonds. The van der Waals surface area contributed by atoms with Gasteiger partial charge in [0, 0.05) is 25.1 Å². The van der Waals surface area contributed by atoms with Crippen LogP contribution in [0.5, 0.6) is 0 Å². The predicted molar refractivity (Wildman–Crippen MR) is 79.4 cm³/mol. The maximum absolute atomic E-state index is 12.0. The average molecular weight is 298 g/mol. The highest BCUT2D eigenvalue weighted by molar-refractivity contribution is 7.89. The van der Waals surface area contributed by atoms with E-state index in [-0.39, 0.29) is 10.7 Å². The summed E-state index contributed by atoms with van der Waals surface area (Å²) in [6.45, 7) is 2.92. The first kappa shape index (κ1) is 16.8. The fourth-order valence-electron chi connectivity index (χ4n) is 1.68. The van der Waals surface area contributed by atoms with Crippen LogP contribution in [-0.4, -0.2) is 46.3 Å². The van der Waals surface area contributed by atoms with Gasteiger partial charge in [0.05, 0.1) is 4.90 Å². The van der Waals surface area contributed by atoms with Crippen LogP contribution in [0.1, 0.15) is 30.1 Å². The lowest BCUT2D eigenvalue weighted by molar-refractivity contribution is 0.0981. The third kappa shape index (κ3) is 5.03. The molecule has 0 unspecified atom stereocenters. The Morgan fingerprint density at radius 1 is 1.20 bits per heavy atom. The molecule has 0 spiro atoms. The van der Waals surface area contributed by atoms with Crippen LogP contribution in [0.4, 0.5) is 0 Å². The molecule has 1 aromatic carbocycles. The second-order valence-electron chi connectivity index (χ2n) is 4.90. The number of benzene rings is 1. The van der Waals surface area contributed by atoms with Gasteiger partial charge in [0.15, 0.2) is 5.78 Å². The lowest BCUT2D eigenvalue weighted by atomic mass is 10.1. The molecule has 0 aliphatic carbocycles. The van der Waals surface area contributed by atoms with E-state index in [1.54, 1.807) is 12.1 Å². The van der Waals surface area contributed by atoms with Crippen LogP contribution in [0.3, 0.4) is 0 Å². The van der Waals surface area contributed by atoms with Crippen LogP contribution in [0.15, 0.2) is 29.2 Å². The summed E-state index contributed by atoms with van der Waals surface area (Å²) in [7, 11) is 0.256. The number of carbonyl (C=O) groups is 1. The van der Waals surface area contributed by atoms with Gasteiger partial charge in [-0.05, 0) is 32.6 Å². The van der Waals surface area contributed by atoms with Crippen molar-refractivity contribution in [3.63, 3.8) is 0 Å². The zero-order chi connectivity index (χ0) is 15.2. The molecule has 0 fully saturated rings. The van der Waals surface area contributed by atoms with Crippen molar-refractivity contribution >= 4 is 15.8 Å². The minimum absolute atomic E-state index is 0.0389. The summed E-state index contributed by atoms with van der Waals surface area (Å²) in [6.07, 6.45) is 1.26. The van der Waals surface area contributed by atoms with Gasteiger partial charge in [-0.2, -0.15) is 0 Å². The van der Waals surface area contributed by atoms with Gasteiger partial charge in [-0.15, -0.1) is 0 Å². The normalized spacial score (nSPS) is 11.8. The number of sulfonamides is 1. The fourth-order valence-corrected chi connectivity index (χ4v) is 2.70. The third-order valence-corrected chi connectivity index (χ3v) is 4.29. The molecule has 0 heterocycles. The van der Waals surface area contributed by atoms with E-state index in [1.807, 2.05) is 25.9 Å². The number of nitrogens with zero attached hydrogens (tertiary/aromatic N) is 1. The summed E-state index contributed by atoms with van der Waals surface area (Å²) in [4.78, 5) is 13.8. The van der Waals surface area contributed by atoms with Crippen molar-refractivity contribution in [3.05, 3.63) is 29.8 Å². The first-order valence-electron chi connectivity index (χ1n) is 6.64. The summed E-state index contributed by atoms with van der Waals surface area (Å²) in [5.41, 5.74) is 0.555. The van der Waals surface area contributed by atoms with Gasteiger partial charge in [-0.1, -0.05) is 19.1 Å². The van der Waals surface area contributed by atoms with Gasteiger partial charge in [0.2, 0.25) is 10.0 Å². The van der Waals surface area contributed by atoms with Crippen LogP contribution < -0.4 is 4.72 Å². The summed E-state index contributed by atoms with van der Waals surface area (Å²) in [6, 6.07) is 6.08. The van der Waals surface area contributed by atoms with Gasteiger partial charge in [-0.3, -0.25) is 4.79 Å². The fraction of sp³-hybridized carbons (Fsp3) is 0.500. The molecule has 112 valence electrons. The number of Topliss-reactive ketones (excluding diaryl/α,β-unsaturated/α-hetero) is 1. The molecule has 6 heteroatoms. The molecule has 0 radical (unpaired) electrons. The summed E-state index contributed by atoms with van der Waals surface area (Å²) in [5, 5.41) is 0. The Morgan fingerprint density at radius 2 is 1.80 bits per heavy atom. The molecule has 1 rings (SSSR count). The maximum Gasteiger partial charge on any atom is 0.240 e. The second kappa shape index (κ2) is 7.52. The summed E-state index contributed by atoms with van der Waals surface area (Å²) >= 11 is 0. The number of hydrogen-bond acceptors (Lipinski definition) is 4. The highest BCUT2D eigenvalue weighted by Crippen LogP contribution is 2.12. The highest BCUT2D eigenvalue weighted by atomic mass is 32.2. The topological polar surface area (TPSA) is 66.5 Å². The van der Waals surface area contributed by atoms with E-state index in [9.17, 15) is 13.2 Å². The number of ketones is 1. The quantitative estimate of drug-likeness (QED) is 0.739. The van der Waals surface area contributed by atoms with E-state index >= 15 is 0 Å². The molecule has 5 nitrogen and oxygen atoms in total. The van der Waals surface area contributed by atoms with Crippen LogP contribution in [0.25, 0.3) is 0 Å². The minimum Gasteiger partial charge on any atom is -0.308 e. The van der Waals surface area contributed by atoms with Crippen molar-refractivity contribution in [3.8, 4) is 0 Å². The zero-order valence-electron chi connectivity index (χ0n) is 12.2. The van der Waals surface area contributed by atoms with E-state index in [0.29, 0.717) is 25.1 Å². The Morgan fingerprint density at radius 3 is 2.30 bits per heavy atom. The van der Waals surface area contributed by atoms with Crippen molar-refractivity contribution in [1.82, 2.24) is 9.62 Å². The predicted octanol–water partition coefficient (Wildman–Crippen LogP) is 1.51. The van der Waals surface area contributed by atoms with Gasteiger partial charge in [0.25, 0.3) is 0 Å². The Bertz CT molecular complexity index is 536. The second-order valence-corrected chi connectivity index (χ2v) is 6.67. The van der Waals surface area contributed by atoms with Crippen LogP contribution >= 0.6 is 0 Å². The van der Waals surface area contributed by atoms with Crippen molar-refractivity contribution in [1.29, 1.82) is 0 Å². The largest absolute Gasteiger partial charge is 0.308 e. The molecule has 0 saturated carbocycles. The van der Waals surface area contributed by atoms with E-state index < -0.39 is 10.0 Å². The molecule has 0 aliphatic rings. The molecular weight excluding hydrogens is 276 g/mol. The van der Waals surface area contributed by atoms with E-state index in [2.05, 4.69) is 4.72 Å². The lowest BCUT2D eigenvalue weighted by Gasteiger charge is -2.11. The molecule has 1 N–H and O–H groups in total. The van der Waals surface area contributed by atoms with Gasteiger partial charge in [0.1, 0.15) is 0 Å². The van der Waals surface area contributed by atoms with Crippen LogP contribution in [0.2, 0.25) is 0 Å². The first-order valence-corrected chi connectivity index (χ1v) is 8.13. The smallest absolute Gasteiger partial charge is 0.240 e. The summed E-state index contributed by atoms with van der Waals surface area (Å²) < 4.78 is 26.5. The molecule has 0 bridgehead atoms. The van der Waals surface area contributed by atoms with Crippen LogP contribution in [-0.2, 0) is 10.0 Å². The number of nitrogens with one attached hydrogen (secondary N) is 1. The van der Waals surface area contributed by atoms with Crippen molar-refractivity contribution < 1.29 is 13.2 Å². The molecule has 0 aromatic heterocycles. The Balaban J connectivity index is 2.74. The minimum atomic E-state index is -3.50. The Labute approximate surface area is 121 Å². The standard InChI is InChI=1S/C14H22N2O3S/c1-4-5-14(17)12-6-8-13(9-7-12)20(18,19)15-10-11-16(2)3/h6-9,15H,4-5,10-11H2,1-3H3. The molecule has 1 aromatic rings. The maximum atomic E-state index is 12.0. The third-order valence-electron chi connectivity index (χ3n) is 2.81. The average Bonchev–Trinajstić information content (AvgIpc) is 2.38. The Kier molecular flexibility index (Phi) is 6.32. The van der Waals surface area contributed by atoms with E-state index in [0.717, 1.165) is 6.42 Å². The summed E-state index contributed by atoms with van der Waals surface area (Å²) in [5.74, 6) is 0.0389. The first-order chi connectivity index (χ1) is 9.36. The van der Waals surface area contributed by atoms with Gasteiger partial charge < -0.3 is 4.90 Å². The van der Waals surface area contributed by atoms with Crippen molar-refractivity contribution in [2.45, 2.75) is 24.7 Å². The highest BCUT2D eigenvalue weighted by Gasteiger charge is 2.14. The van der Waals surface area contributed by atoms with Crippen LogP contribution in [0, 0.1) is 0 Å². The van der Waals surface area contributed by atoms with Crippen molar-refractivity contribution in [2.24, 2.45) is 0 Å². The molecule has 20 heavy (non-hydrogen) atoms. The van der Waals surface area contributed by atoms with E-state index in [4.69, 9.17) is 0 Å². The number of carbonyl (C=O) groups excluding carboxylic acids is 1. The van der Waals surface area contributed by atoms with Crippen molar-refractivity contribution in [2.75, 3.05) is 27.2 Å². The SMILES string of the molecule is CCCC(=O)c1ccc(S(=O)(=O)NCCN(C)C)cc1. The number of hydrogen-bond donors (Lipinski definition) is 1. The van der Waals surface area contributed by atoms with Gasteiger partial charge >= 0.3 is 0 Å². The zero-order valence-corrected chi connectivity index (χ0v) is 13.0. The molecule has 0 saturated heterocycles. The Hall–Kier alpha value is -1.24. The number of likely N-dealkylation sites (N-methyl/N-ethyl adjacent to an activating group) is 1. The monoisotopic (exact) mass is 298 g/mol. The molecular formula is C14H22N2O3S. The molecule has 0 aliphatic heterocycles. The van der Waals surface area contributed by atoms with Gasteiger partial charge in [-0.25, -0.2) is 13.1 Å². The number of rotatable bonds is 8. The lowest BCUT2D eigenvalue weighted by Crippen LogP contribution is -2.31.